The first-order chi connectivity index (χ1) is 19.6. The number of hydrogen-bond donors (Lipinski definition) is 6. The maximum absolute atomic E-state index is 12.9. The number of methoxy groups -OCH3 is 1. The fourth-order valence-electron chi connectivity index (χ4n) is 4.70. The van der Waals surface area contributed by atoms with Gasteiger partial charge in [0.25, 0.3) is 11.2 Å². The third kappa shape index (κ3) is 6.41. The van der Waals surface area contributed by atoms with Crippen LogP contribution in [0.5, 0.6) is 0 Å². The Labute approximate surface area is 245 Å². The van der Waals surface area contributed by atoms with E-state index in [0.29, 0.717) is 15.5 Å². The van der Waals surface area contributed by atoms with Crippen LogP contribution in [0.4, 0.5) is 5.82 Å². The molecule has 1 aliphatic heterocycles. The summed E-state index contributed by atoms with van der Waals surface area (Å²) in [4.78, 5) is 41.5. The van der Waals surface area contributed by atoms with Crippen molar-refractivity contribution in [3.63, 3.8) is 0 Å². The highest BCUT2D eigenvalue weighted by molar-refractivity contribution is 7.87. The zero-order chi connectivity index (χ0) is 31.0. The Hall–Kier alpha value is -2.03. The van der Waals surface area contributed by atoms with E-state index in [1.807, 2.05) is 0 Å². The number of nitrogens with one attached hydrogen (secondary N) is 2. The van der Waals surface area contributed by atoms with E-state index in [1.165, 1.54) is 15.6 Å². The van der Waals surface area contributed by atoms with Crippen molar-refractivity contribution in [3.05, 3.63) is 11.5 Å². The predicted octanol–water partition coefficient (Wildman–Crippen LogP) is -1.09. The Bertz CT molecular complexity index is 1450. The minimum atomic E-state index is -5.61. The number of aliphatic hydroxyl groups is 2. The number of halogens is 1. The van der Waals surface area contributed by atoms with Crippen molar-refractivity contribution in [2.24, 2.45) is 0 Å². The van der Waals surface area contributed by atoms with E-state index >= 15 is 0 Å². The lowest BCUT2D eigenvalue weighted by Crippen LogP contribution is -2.56. The van der Waals surface area contributed by atoms with Crippen LogP contribution in [0.1, 0.15) is 31.9 Å². The van der Waals surface area contributed by atoms with Crippen LogP contribution in [0.3, 0.4) is 0 Å². The fourth-order valence-corrected chi connectivity index (χ4v) is 6.39. The van der Waals surface area contributed by atoms with E-state index in [0.717, 1.165) is 46.9 Å². The molecule has 3 heterocycles. The van der Waals surface area contributed by atoms with Crippen LogP contribution in [-0.2, 0) is 33.8 Å². The third-order valence-corrected chi connectivity index (χ3v) is 10.0. The molecular weight excluding hydrogens is 625 g/mol. The highest BCUT2D eigenvalue weighted by atomic mass is 35.5. The summed E-state index contributed by atoms with van der Waals surface area (Å²) in [5.41, 5.74) is 0.172. The molecule has 0 aromatic carbocycles. The molecule has 42 heavy (non-hydrogen) atoms. The van der Waals surface area contributed by atoms with Crippen molar-refractivity contribution >= 4 is 52.2 Å². The van der Waals surface area contributed by atoms with E-state index in [-0.39, 0.29) is 17.0 Å². The van der Waals surface area contributed by atoms with Crippen molar-refractivity contribution < 1.29 is 52.0 Å². The lowest BCUT2D eigenvalue weighted by atomic mass is 10.1. The summed E-state index contributed by atoms with van der Waals surface area (Å²) >= 11 is 6.16. The van der Waals surface area contributed by atoms with Gasteiger partial charge >= 0.3 is 17.8 Å². The lowest BCUT2D eigenvalue weighted by molar-refractivity contribution is -0.151. The molecule has 5 atom stereocenters. The summed E-state index contributed by atoms with van der Waals surface area (Å²) in [5, 5.41) is 26.3. The van der Waals surface area contributed by atoms with E-state index in [1.54, 1.807) is 0 Å². The molecule has 0 unspecified atom stereocenters. The fraction of sp³-hybridized carbons (Fsp3) is 0.714. The van der Waals surface area contributed by atoms with Gasteiger partial charge in [0.15, 0.2) is 11.9 Å². The summed E-state index contributed by atoms with van der Waals surface area (Å²) in [6.07, 6.45) is -0.703. The molecule has 1 aliphatic carbocycles. The van der Waals surface area contributed by atoms with Crippen molar-refractivity contribution in [3.8, 4) is 0 Å². The van der Waals surface area contributed by atoms with Crippen molar-refractivity contribution in [1.29, 1.82) is 0 Å². The van der Waals surface area contributed by atoms with Crippen LogP contribution < -0.4 is 10.0 Å². The number of fused-ring (bicyclic) bond motifs is 1. The van der Waals surface area contributed by atoms with Crippen molar-refractivity contribution in [1.82, 2.24) is 28.8 Å². The second-order valence-corrected chi connectivity index (χ2v) is 14.2. The van der Waals surface area contributed by atoms with Crippen molar-refractivity contribution in [2.45, 2.75) is 61.6 Å². The van der Waals surface area contributed by atoms with Crippen LogP contribution in [0.15, 0.2) is 6.20 Å². The van der Waals surface area contributed by atoms with E-state index in [4.69, 9.17) is 25.8 Å². The number of hydrogen-bond acceptors (Lipinski definition) is 13. The van der Waals surface area contributed by atoms with Gasteiger partial charge in [-0.05, 0) is 24.4 Å². The number of rotatable bonds is 12. The number of ether oxygens (including phenoxy) is 3. The second-order valence-electron chi connectivity index (χ2n) is 10.1. The molecule has 1 saturated carbocycles. The number of amides is 1. The molecule has 2 fully saturated rings. The molecule has 2 aliphatic rings. The smallest absolute Gasteiger partial charge is 0.369 e. The average molecular weight is 658 g/mol. The predicted molar refractivity (Wildman–Crippen MR) is 145 cm³/mol. The molecule has 236 valence electrons. The molecule has 21 heteroatoms. The van der Waals surface area contributed by atoms with Crippen LogP contribution >= 0.6 is 19.2 Å². The monoisotopic (exact) mass is 657 g/mol. The van der Waals surface area contributed by atoms with Gasteiger partial charge in [0.1, 0.15) is 24.1 Å². The second kappa shape index (κ2) is 12.5. The van der Waals surface area contributed by atoms with E-state index in [2.05, 4.69) is 20.4 Å². The SMILES string of the molecule is COC[C@](OC[C@H]1O[C@@H](n2ncc3c(NC4CCCC4)nc(Cl)nc32)[C@H](O)[C@@H]1O)(C(=O)NS(=O)(=O)N(C)C)P(=O)(O)O. The number of aromatic nitrogens is 4. The van der Waals surface area contributed by atoms with Gasteiger partial charge in [-0.1, -0.05) is 12.8 Å². The Morgan fingerprint density at radius 1 is 1.26 bits per heavy atom. The maximum atomic E-state index is 12.9. The first kappa shape index (κ1) is 32.9. The highest BCUT2D eigenvalue weighted by Gasteiger charge is 2.58. The zero-order valence-corrected chi connectivity index (χ0v) is 25.3. The number of carbonyl (C=O) groups excluding carboxylic acids is 1. The van der Waals surface area contributed by atoms with Gasteiger partial charge in [0.05, 0.1) is 24.8 Å². The number of nitrogens with zero attached hydrogens (tertiary/aromatic N) is 5. The summed E-state index contributed by atoms with van der Waals surface area (Å²) in [7, 11) is -6.92. The van der Waals surface area contributed by atoms with Gasteiger partial charge in [-0.3, -0.25) is 9.36 Å². The summed E-state index contributed by atoms with van der Waals surface area (Å²) < 4.78 is 56.1. The normalized spacial score (nSPS) is 25.3. The zero-order valence-electron chi connectivity index (χ0n) is 22.8. The molecule has 0 bridgehead atoms. The number of aliphatic hydroxyl groups excluding tert-OH is 2. The topological polar surface area (TPSA) is 248 Å². The molecule has 18 nitrogen and oxygen atoms in total. The van der Waals surface area contributed by atoms with E-state index in [9.17, 15) is 37.8 Å². The van der Waals surface area contributed by atoms with E-state index < -0.39 is 66.8 Å². The standard InChI is InChI=1S/C21H33ClN7O11PS/c1-28(2)42(36,37)27-19(32)21(10-38-3,41(33,34)35)39-9-13-14(30)15(31)18(40-13)29-17-12(8-23-29)16(25-20(22)26-17)24-11-6-4-5-7-11/h8,11,13-15,18,30-31H,4-7,9-10H2,1-3H3,(H,27,32)(H,24,25,26)(H2,33,34,35)/t13-,14-,15-,18-,21-/m1/s1. The Morgan fingerprint density at radius 3 is 2.52 bits per heavy atom. The lowest BCUT2D eigenvalue weighted by Gasteiger charge is -2.33. The van der Waals surface area contributed by atoms with Gasteiger partial charge in [-0.2, -0.15) is 27.8 Å². The van der Waals surface area contributed by atoms with Crippen LogP contribution in [-0.4, -0.2) is 122 Å². The quantitative estimate of drug-likeness (QED) is 0.117. The third-order valence-electron chi connectivity index (χ3n) is 7.05. The maximum Gasteiger partial charge on any atom is 0.369 e. The molecule has 4 rings (SSSR count). The number of carbonyl (C=O) groups is 1. The van der Waals surface area contributed by atoms with Crippen molar-refractivity contribution in [2.75, 3.05) is 39.7 Å². The Balaban J connectivity index is 1.59. The minimum Gasteiger partial charge on any atom is -0.387 e. The molecule has 2 aromatic heterocycles. The first-order valence-corrected chi connectivity index (χ1v) is 16.2. The van der Waals surface area contributed by atoms with Gasteiger partial charge in [0.2, 0.25) is 5.28 Å². The van der Waals surface area contributed by atoms with Crippen LogP contribution in [0.2, 0.25) is 5.28 Å². The molecule has 6 N–H and O–H groups in total. The summed E-state index contributed by atoms with van der Waals surface area (Å²) in [6, 6.07) is 0.186. The molecular formula is C21H33ClN7O11PS. The average Bonchev–Trinajstić information content (AvgIpc) is 3.61. The van der Waals surface area contributed by atoms with Gasteiger partial charge in [-0.15, -0.1) is 0 Å². The van der Waals surface area contributed by atoms with Crippen LogP contribution in [0, 0.1) is 0 Å². The molecule has 2 aromatic rings. The molecule has 1 amide bonds. The molecule has 1 saturated heterocycles. The van der Waals surface area contributed by atoms with Gasteiger partial charge in [-0.25, -0.2) is 9.40 Å². The largest absolute Gasteiger partial charge is 0.387 e. The minimum absolute atomic E-state index is 0.109. The summed E-state index contributed by atoms with van der Waals surface area (Å²) in [5.74, 6) is -1.29. The molecule has 0 radical (unpaired) electrons. The van der Waals surface area contributed by atoms with Gasteiger partial charge < -0.3 is 39.5 Å². The highest BCUT2D eigenvalue weighted by Crippen LogP contribution is 2.52. The Morgan fingerprint density at radius 2 is 1.93 bits per heavy atom. The van der Waals surface area contributed by atoms with Gasteiger partial charge in [0, 0.05) is 27.2 Å². The molecule has 0 spiro atoms. The first-order valence-electron chi connectivity index (χ1n) is 12.7. The summed E-state index contributed by atoms with van der Waals surface area (Å²) in [6.45, 7) is -1.96. The number of anilines is 1. The Kier molecular flexibility index (Phi) is 9.81. The van der Waals surface area contributed by atoms with Crippen LogP contribution in [0.25, 0.3) is 11.0 Å².